The summed E-state index contributed by atoms with van der Waals surface area (Å²) >= 11 is 0. The number of allylic oxidation sites excluding steroid dienone is 2. The van der Waals surface area contributed by atoms with Crippen molar-refractivity contribution in [3.8, 4) is 22.3 Å². The van der Waals surface area contributed by atoms with Gasteiger partial charge >= 0.3 is 0 Å². The fourth-order valence-corrected chi connectivity index (χ4v) is 11.0. The van der Waals surface area contributed by atoms with Gasteiger partial charge < -0.3 is 14.7 Å². The van der Waals surface area contributed by atoms with E-state index in [1.165, 1.54) is 101 Å². The molecule has 10 rings (SSSR count). The predicted molar refractivity (Wildman–Crippen MR) is 319 cm³/mol. The van der Waals surface area contributed by atoms with Crippen molar-refractivity contribution in [2.45, 2.75) is 86.1 Å². The van der Waals surface area contributed by atoms with Gasteiger partial charge in [0.05, 0.1) is 6.04 Å². The molecule has 0 spiro atoms. The fraction of sp³-hybridized carbons (Fsp3) is 0.183. The van der Waals surface area contributed by atoms with E-state index in [1.807, 2.05) is 0 Å². The highest BCUT2D eigenvalue weighted by Crippen LogP contribution is 2.44. The molecular weight excluding hydrogens is 895 g/mol. The second kappa shape index (κ2) is 22.7. The van der Waals surface area contributed by atoms with Crippen molar-refractivity contribution >= 4 is 51.1 Å². The first-order chi connectivity index (χ1) is 36.4. The summed E-state index contributed by atoms with van der Waals surface area (Å²) in [5.74, 6) is 0. The number of hydrogen-bond acceptors (Lipinski definition) is 3. The second-order valence-electron chi connectivity index (χ2n) is 19.5. The van der Waals surface area contributed by atoms with E-state index < -0.39 is 0 Å². The first-order valence-corrected chi connectivity index (χ1v) is 27.0. The van der Waals surface area contributed by atoms with Crippen molar-refractivity contribution in [1.29, 1.82) is 0 Å². The number of hydrogen-bond donors (Lipinski definition) is 0. The molecule has 74 heavy (non-hydrogen) atoms. The molecule has 0 fully saturated rings. The molecule has 0 aliphatic heterocycles. The summed E-state index contributed by atoms with van der Waals surface area (Å²) in [6, 6.07) is 78.9. The number of aryl methyl sites for hydroxylation is 6. The van der Waals surface area contributed by atoms with Crippen molar-refractivity contribution in [1.82, 2.24) is 0 Å². The SMILES string of the molecule is CCc1ccccc1N(c1ccc(-c2cc(C3=CCC(N(c4ccccc4CC)c4ccccc4CC)C=C3)cc(-c3ccc(N(c4ccccc4CC)c4ccccc4CC)cc3)c2)cc1)c1ccccc1C. The molecule has 368 valence electrons. The van der Waals surface area contributed by atoms with Crippen LogP contribution in [0, 0.1) is 6.92 Å². The quantitative estimate of drug-likeness (QED) is 0.0900. The van der Waals surface area contributed by atoms with Gasteiger partial charge in [0.25, 0.3) is 0 Å². The summed E-state index contributed by atoms with van der Waals surface area (Å²) in [7, 11) is 0. The molecule has 0 bridgehead atoms. The van der Waals surface area contributed by atoms with Gasteiger partial charge in [-0.1, -0.05) is 186 Å². The Morgan fingerprint density at radius 1 is 0.351 bits per heavy atom. The maximum atomic E-state index is 2.59. The predicted octanol–water partition coefficient (Wildman–Crippen LogP) is 19.6. The fourth-order valence-electron chi connectivity index (χ4n) is 11.0. The largest absolute Gasteiger partial charge is 0.334 e. The molecule has 0 radical (unpaired) electrons. The van der Waals surface area contributed by atoms with Gasteiger partial charge in [-0.2, -0.15) is 0 Å². The lowest BCUT2D eigenvalue weighted by atomic mass is 9.90. The number of rotatable bonds is 17. The van der Waals surface area contributed by atoms with E-state index in [4.69, 9.17) is 0 Å². The van der Waals surface area contributed by atoms with Crippen LogP contribution in [0.15, 0.2) is 231 Å². The van der Waals surface area contributed by atoms with Gasteiger partial charge in [-0.05, 0) is 191 Å². The highest BCUT2D eigenvalue weighted by atomic mass is 15.2. The van der Waals surface area contributed by atoms with Gasteiger partial charge in [-0.25, -0.2) is 0 Å². The standard InChI is InChI=1S/C71H69N3/c1-7-52-25-13-19-31-67(52)72(66-30-18-12-24-51(66)6)63-42-36-57(37-43-63)60-48-61(58-38-44-64(45-39-58)73(68-32-20-14-26-53(68)8-2)69-33-21-15-27-54(69)9-3)50-62(49-60)59-40-46-65(47-41-59)74(70-34-22-16-28-55(70)10-4)71-35-23-17-29-56(71)11-5/h12-46,48-50,65H,7-11,47H2,1-6H3. The molecule has 3 heteroatoms. The van der Waals surface area contributed by atoms with Crippen LogP contribution < -0.4 is 14.7 Å². The van der Waals surface area contributed by atoms with Crippen LogP contribution in [0.5, 0.6) is 0 Å². The van der Waals surface area contributed by atoms with Gasteiger partial charge in [0, 0.05) is 45.5 Å². The third-order valence-electron chi connectivity index (χ3n) is 15.1. The van der Waals surface area contributed by atoms with E-state index in [1.54, 1.807) is 0 Å². The summed E-state index contributed by atoms with van der Waals surface area (Å²) < 4.78 is 0. The zero-order valence-electron chi connectivity index (χ0n) is 44.1. The van der Waals surface area contributed by atoms with Gasteiger partial charge in [-0.3, -0.25) is 0 Å². The molecule has 9 aromatic rings. The highest BCUT2D eigenvalue weighted by Gasteiger charge is 2.25. The summed E-state index contributed by atoms with van der Waals surface area (Å²) in [4.78, 5) is 7.48. The Morgan fingerprint density at radius 3 is 1.07 bits per heavy atom. The molecular formula is C71H69N3. The summed E-state index contributed by atoms with van der Waals surface area (Å²) in [5.41, 5.74) is 24.8. The average Bonchev–Trinajstić information content (AvgIpc) is 3.47. The van der Waals surface area contributed by atoms with Crippen LogP contribution in [0.3, 0.4) is 0 Å². The molecule has 1 aliphatic carbocycles. The first-order valence-electron chi connectivity index (χ1n) is 27.0. The van der Waals surface area contributed by atoms with E-state index >= 15 is 0 Å². The third kappa shape index (κ3) is 10.1. The van der Waals surface area contributed by atoms with Crippen LogP contribution in [0.2, 0.25) is 0 Å². The summed E-state index contributed by atoms with van der Waals surface area (Å²) in [5, 5.41) is 0. The lowest BCUT2D eigenvalue weighted by molar-refractivity contribution is 0.778. The third-order valence-corrected chi connectivity index (χ3v) is 15.1. The van der Waals surface area contributed by atoms with Crippen molar-refractivity contribution in [3.05, 3.63) is 269 Å². The summed E-state index contributed by atoms with van der Waals surface area (Å²) in [6.07, 6.45) is 13.0. The van der Waals surface area contributed by atoms with Crippen LogP contribution in [0.25, 0.3) is 27.8 Å². The van der Waals surface area contributed by atoms with E-state index in [2.05, 4.69) is 287 Å². The molecule has 1 unspecified atom stereocenters. The molecule has 1 atom stereocenters. The van der Waals surface area contributed by atoms with Crippen molar-refractivity contribution in [3.63, 3.8) is 0 Å². The number of anilines is 8. The molecule has 0 aromatic heterocycles. The second-order valence-corrected chi connectivity index (χ2v) is 19.5. The van der Waals surface area contributed by atoms with E-state index in [9.17, 15) is 0 Å². The number of nitrogens with zero attached hydrogens (tertiary/aromatic N) is 3. The van der Waals surface area contributed by atoms with Crippen LogP contribution >= 0.6 is 0 Å². The van der Waals surface area contributed by atoms with Crippen molar-refractivity contribution in [2.24, 2.45) is 0 Å². The zero-order valence-corrected chi connectivity index (χ0v) is 44.1. The molecule has 0 amide bonds. The Balaban J connectivity index is 1.07. The maximum Gasteiger partial charge on any atom is 0.0560 e. The molecule has 0 saturated heterocycles. The molecule has 1 aliphatic rings. The molecule has 0 heterocycles. The first kappa shape index (κ1) is 49.4. The molecule has 0 N–H and O–H groups in total. The zero-order chi connectivity index (χ0) is 51.0. The smallest absolute Gasteiger partial charge is 0.0560 e. The number of para-hydroxylation sites is 6. The highest BCUT2D eigenvalue weighted by molar-refractivity contribution is 5.87. The Labute approximate surface area is 441 Å². The van der Waals surface area contributed by atoms with E-state index in [0.29, 0.717) is 0 Å². The minimum absolute atomic E-state index is 0.162. The van der Waals surface area contributed by atoms with Crippen molar-refractivity contribution in [2.75, 3.05) is 14.7 Å². The normalized spacial score (nSPS) is 13.1. The Bertz CT molecular complexity index is 3340. The molecule has 9 aromatic carbocycles. The van der Waals surface area contributed by atoms with Gasteiger partial charge in [0.1, 0.15) is 0 Å². The summed E-state index contributed by atoms with van der Waals surface area (Å²) in [6.45, 7) is 13.5. The molecule has 0 saturated carbocycles. The topological polar surface area (TPSA) is 9.72 Å². The Kier molecular flexibility index (Phi) is 15.2. The lowest BCUT2D eigenvalue weighted by Gasteiger charge is -2.36. The van der Waals surface area contributed by atoms with Crippen molar-refractivity contribution < 1.29 is 0 Å². The van der Waals surface area contributed by atoms with E-state index in [0.717, 1.165) is 49.9 Å². The minimum atomic E-state index is 0.162. The number of benzene rings is 9. The minimum Gasteiger partial charge on any atom is -0.334 e. The van der Waals surface area contributed by atoms with Crippen LogP contribution in [-0.2, 0) is 32.1 Å². The van der Waals surface area contributed by atoms with Gasteiger partial charge in [0.15, 0.2) is 0 Å². The van der Waals surface area contributed by atoms with Crippen LogP contribution in [-0.4, -0.2) is 6.04 Å². The molecule has 3 nitrogen and oxygen atoms in total. The average molecular weight is 964 g/mol. The van der Waals surface area contributed by atoms with Crippen LogP contribution in [0.1, 0.15) is 80.0 Å². The lowest BCUT2D eigenvalue weighted by Crippen LogP contribution is -2.31. The van der Waals surface area contributed by atoms with Crippen LogP contribution in [0.4, 0.5) is 45.5 Å². The monoisotopic (exact) mass is 964 g/mol. The maximum absolute atomic E-state index is 2.59. The van der Waals surface area contributed by atoms with E-state index in [-0.39, 0.29) is 6.04 Å². The van der Waals surface area contributed by atoms with Gasteiger partial charge in [0.2, 0.25) is 0 Å². The Hall–Kier alpha value is -8.14. The van der Waals surface area contributed by atoms with Gasteiger partial charge in [-0.15, -0.1) is 0 Å². The Morgan fingerprint density at radius 2 is 0.689 bits per heavy atom.